The van der Waals surface area contributed by atoms with Crippen LogP contribution in [0.5, 0.6) is 0 Å². The van der Waals surface area contributed by atoms with Crippen molar-refractivity contribution in [2.45, 2.75) is 51.0 Å². The molecule has 2 saturated heterocycles. The number of hydrogen-bond acceptors (Lipinski definition) is 3. The number of amides is 3. The maximum Gasteiger partial charge on any atom is 0.326 e. The topological polar surface area (TPSA) is 52.7 Å². The van der Waals surface area contributed by atoms with Crippen LogP contribution in [0.1, 0.15) is 51.0 Å². The molecule has 3 rings (SSSR count). The van der Waals surface area contributed by atoms with Crippen LogP contribution in [-0.2, 0) is 10.3 Å². The molecule has 1 aromatic rings. The Balaban J connectivity index is 1.78. The Morgan fingerprint density at radius 2 is 1.62 bits per heavy atom. The molecule has 0 saturated carbocycles. The molecule has 5 heteroatoms. The first-order valence-corrected chi connectivity index (χ1v) is 9.09. The predicted octanol–water partition coefficient (Wildman–Crippen LogP) is 3.07. The Bertz CT molecular complexity index is 582. The Morgan fingerprint density at radius 1 is 1.00 bits per heavy atom. The highest BCUT2D eigenvalue weighted by Gasteiger charge is 2.51. The van der Waals surface area contributed by atoms with Crippen LogP contribution in [0.3, 0.4) is 0 Å². The Kier molecular flexibility index (Phi) is 5.19. The lowest BCUT2D eigenvalue weighted by molar-refractivity contribution is -0.133. The number of nitrogens with zero attached hydrogens (tertiary/aromatic N) is 2. The van der Waals surface area contributed by atoms with Gasteiger partial charge in [-0.05, 0) is 37.9 Å². The summed E-state index contributed by atoms with van der Waals surface area (Å²) < 4.78 is 0. The average Bonchev–Trinajstić information content (AvgIpc) is 2.82. The van der Waals surface area contributed by atoms with Gasteiger partial charge in [0.1, 0.15) is 5.54 Å². The van der Waals surface area contributed by atoms with Crippen LogP contribution in [-0.4, -0.2) is 41.5 Å². The van der Waals surface area contributed by atoms with Crippen molar-refractivity contribution < 1.29 is 9.59 Å². The quantitative estimate of drug-likeness (QED) is 0.864. The predicted molar refractivity (Wildman–Crippen MR) is 93.3 cm³/mol. The van der Waals surface area contributed by atoms with E-state index in [-0.39, 0.29) is 11.9 Å². The van der Waals surface area contributed by atoms with E-state index in [4.69, 9.17) is 0 Å². The summed E-state index contributed by atoms with van der Waals surface area (Å²) >= 11 is 0. The number of urea groups is 1. The summed E-state index contributed by atoms with van der Waals surface area (Å²) in [6.45, 7) is 4.27. The molecule has 130 valence electrons. The van der Waals surface area contributed by atoms with Gasteiger partial charge in [-0.25, -0.2) is 9.69 Å². The third-order valence-corrected chi connectivity index (χ3v) is 5.26. The van der Waals surface area contributed by atoms with Crippen LogP contribution in [0.15, 0.2) is 30.3 Å². The minimum absolute atomic E-state index is 0.122. The largest absolute Gasteiger partial charge is 0.326 e. The fourth-order valence-corrected chi connectivity index (χ4v) is 3.77. The van der Waals surface area contributed by atoms with E-state index in [2.05, 4.69) is 10.2 Å². The molecule has 1 aromatic carbocycles. The van der Waals surface area contributed by atoms with Gasteiger partial charge in [-0.15, -0.1) is 0 Å². The molecule has 1 N–H and O–H groups in total. The van der Waals surface area contributed by atoms with E-state index in [0.717, 1.165) is 31.5 Å². The van der Waals surface area contributed by atoms with Gasteiger partial charge in [-0.1, -0.05) is 56.5 Å². The Labute approximate surface area is 144 Å². The minimum Gasteiger partial charge on any atom is -0.319 e. The molecule has 0 aliphatic carbocycles. The fraction of sp³-hybridized carbons (Fsp3) is 0.579. The van der Waals surface area contributed by atoms with Crippen LogP contribution in [0, 0.1) is 0 Å². The number of hydrogen-bond donors (Lipinski definition) is 1. The smallest absolute Gasteiger partial charge is 0.319 e. The van der Waals surface area contributed by atoms with Crippen molar-refractivity contribution in [3.05, 3.63) is 35.9 Å². The van der Waals surface area contributed by atoms with E-state index in [0.29, 0.717) is 13.1 Å². The SMILES string of the molecule is CC[C@]1(c2ccccc2)NC(=O)N(CN2CCCCCCC2)C1=O. The number of nitrogens with one attached hydrogen (secondary N) is 1. The van der Waals surface area contributed by atoms with E-state index >= 15 is 0 Å². The number of benzene rings is 1. The second-order valence-electron chi connectivity index (χ2n) is 6.82. The molecule has 0 spiro atoms. The first-order valence-electron chi connectivity index (χ1n) is 9.09. The van der Waals surface area contributed by atoms with Gasteiger partial charge < -0.3 is 5.32 Å². The van der Waals surface area contributed by atoms with Gasteiger partial charge in [-0.2, -0.15) is 0 Å². The lowest BCUT2D eigenvalue weighted by Gasteiger charge is -2.29. The average molecular weight is 329 g/mol. The zero-order valence-corrected chi connectivity index (χ0v) is 14.5. The molecule has 0 bridgehead atoms. The third-order valence-electron chi connectivity index (χ3n) is 5.26. The second-order valence-corrected chi connectivity index (χ2v) is 6.82. The van der Waals surface area contributed by atoms with Crippen LogP contribution < -0.4 is 5.32 Å². The zero-order chi connectivity index (χ0) is 17.0. The summed E-state index contributed by atoms with van der Waals surface area (Å²) in [5, 5.41) is 2.96. The van der Waals surface area contributed by atoms with Crippen molar-refractivity contribution in [1.29, 1.82) is 0 Å². The molecular weight excluding hydrogens is 302 g/mol. The summed E-state index contributed by atoms with van der Waals surface area (Å²) in [5.74, 6) is -0.122. The maximum atomic E-state index is 13.1. The molecule has 3 amide bonds. The van der Waals surface area contributed by atoms with Crippen molar-refractivity contribution in [3.63, 3.8) is 0 Å². The lowest BCUT2D eigenvalue weighted by atomic mass is 9.87. The van der Waals surface area contributed by atoms with E-state index in [1.807, 2.05) is 37.3 Å². The van der Waals surface area contributed by atoms with E-state index in [1.165, 1.54) is 24.2 Å². The highest BCUT2D eigenvalue weighted by molar-refractivity contribution is 6.07. The van der Waals surface area contributed by atoms with Gasteiger partial charge in [0.2, 0.25) is 0 Å². The van der Waals surface area contributed by atoms with E-state index in [9.17, 15) is 9.59 Å². The molecule has 5 nitrogen and oxygen atoms in total. The Morgan fingerprint density at radius 3 is 2.25 bits per heavy atom. The molecular formula is C19H27N3O2. The molecule has 0 radical (unpaired) electrons. The van der Waals surface area contributed by atoms with Gasteiger partial charge in [0.25, 0.3) is 5.91 Å². The van der Waals surface area contributed by atoms with Gasteiger partial charge >= 0.3 is 6.03 Å². The summed E-state index contributed by atoms with van der Waals surface area (Å²) in [4.78, 5) is 29.3. The third kappa shape index (κ3) is 3.18. The molecule has 2 fully saturated rings. The summed E-state index contributed by atoms with van der Waals surface area (Å²) in [5.41, 5.74) is -0.0535. The number of rotatable bonds is 4. The van der Waals surface area contributed by atoms with Gasteiger partial charge in [0.05, 0.1) is 6.67 Å². The van der Waals surface area contributed by atoms with E-state index in [1.54, 1.807) is 0 Å². The minimum atomic E-state index is -0.916. The zero-order valence-electron chi connectivity index (χ0n) is 14.5. The molecule has 1 atom stereocenters. The number of carbonyl (C=O) groups is 2. The molecule has 0 aromatic heterocycles. The summed E-state index contributed by atoms with van der Waals surface area (Å²) in [7, 11) is 0. The first-order chi connectivity index (χ1) is 11.7. The normalized spacial score (nSPS) is 26.1. The van der Waals surface area contributed by atoms with E-state index < -0.39 is 5.54 Å². The van der Waals surface area contributed by atoms with Crippen LogP contribution in [0.4, 0.5) is 4.79 Å². The van der Waals surface area contributed by atoms with Crippen LogP contribution >= 0.6 is 0 Å². The van der Waals surface area contributed by atoms with Crippen molar-refractivity contribution in [3.8, 4) is 0 Å². The van der Waals surface area contributed by atoms with Gasteiger partial charge in [0.15, 0.2) is 0 Å². The molecule has 2 aliphatic rings. The van der Waals surface area contributed by atoms with Crippen molar-refractivity contribution in [2.24, 2.45) is 0 Å². The van der Waals surface area contributed by atoms with Gasteiger partial charge in [0, 0.05) is 0 Å². The van der Waals surface area contributed by atoms with Crippen LogP contribution in [0.25, 0.3) is 0 Å². The molecule has 2 aliphatic heterocycles. The highest BCUT2D eigenvalue weighted by atomic mass is 16.2. The van der Waals surface area contributed by atoms with Gasteiger partial charge in [-0.3, -0.25) is 9.69 Å². The standard InChI is InChI=1S/C19H27N3O2/c1-2-19(16-11-7-6-8-12-16)17(23)22(18(24)20-19)15-21-13-9-4-3-5-10-14-21/h6-8,11-12H,2-5,9-10,13-15H2,1H3,(H,20,24)/t19-/m1/s1. The second kappa shape index (κ2) is 7.34. The summed E-state index contributed by atoms with van der Waals surface area (Å²) in [6, 6.07) is 9.31. The number of carbonyl (C=O) groups excluding carboxylic acids is 2. The fourth-order valence-electron chi connectivity index (χ4n) is 3.77. The lowest BCUT2D eigenvalue weighted by Crippen LogP contribution is -2.45. The summed E-state index contributed by atoms with van der Waals surface area (Å²) in [6.07, 6.45) is 6.60. The molecule has 0 unspecified atom stereocenters. The number of imide groups is 1. The maximum absolute atomic E-state index is 13.1. The van der Waals surface area contributed by atoms with Crippen LogP contribution in [0.2, 0.25) is 0 Å². The van der Waals surface area contributed by atoms with Crippen molar-refractivity contribution in [1.82, 2.24) is 15.1 Å². The highest BCUT2D eigenvalue weighted by Crippen LogP contribution is 2.32. The Hall–Kier alpha value is -1.88. The first kappa shape index (κ1) is 17.0. The van der Waals surface area contributed by atoms with Crippen molar-refractivity contribution >= 4 is 11.9 Å². The number of likely N-dealkylation sites (tertiary alicyclic amines) is 1. The molecule has 2 heterocycles. The monoisotopic (exact) mass is 329 g/mol. The molecule has 24 heavy (non-hydrogen) atoms. The van der Waals surface area contributed by atoms with Crippen molar-refractivity contribution in [2.75, 3.05) is 19.8 Å².